The van der Waals surface area contributed by atoms with Crippen LogP contribution >= 0.6 is 15.9 Å². The van der Waals surface area contributed by atoms with Gasteiger partial charge in [0, 0.05) is 22.7 Å². The van der Waals surface area contributed by atoms with Crippen LogP contribution in [0.25, 0.3) is 0 Å². The number of non-ortho nitro benzene ring substituents is 1. The normalized spacial score (nSPS) is 16.6. The number of esters is 1. The van der Waals surface area contributed by atoms with Crippen LogP contribution in [0.15, 0.2) is 77.3 Å². The Morgan fingerprint density at radius 1 is 1.12 bits per heavy atom. The topological polar surface area (TPSA) is 125 Å². The number of hydrogen-bond acceptors (Lipinski definition) is 7. The second kappa shape index (κ2) is 11.1. The lowest BCUT2D eigenvalue weighted by Crippen LogP contribution is -2.32. The van der Waals surface area contributed by atoms with Crippen LogP contribution in [0, 0.1) is 20.2 Å². The average molecular weight is 530 g/mol. The SMILES string of the molecule is CCOC(=O)C1=C(CCC(Br)c2ccccc2)NC(C)=C([N+](=O)[O-])C1c1cccc([N+](=O)[O-])c1. The fraction of sp³-hybridized carbons (Fsp3) is 0.292. The second-order valence-corrected chi connectivity index (χ2v) is 8.81. The number of rotatable bonds is 9. The number of carbonyl (C=O) groups is 1. The summed E-state index contributed by atoms with van der Waals surface area (Å²) in [6.07, 6.45) is 0.991. The highest BCUT2D eigenvalue weighted by Gasteiger charge is 2.42. The molecule has 0 fully saturated rings. The van der Waals surface area contributed by atoms with Gasteiger partial charge < -0.3 is 10.1 Å². The number of nitro groups is 2. The molecule has 0 radical (unpaired) electrons. The third-order valence-corrected chi connectivity index (χ3v) is 6.51. The van der Waals surface area contributed by atoms with E-state index in [1.165, 1.54) is 18.2 Å². The van der Waals surface area contributed by atoms with Gasteiger partial charge in [0.2, 0.25) is 0 Å². The smallest absolute Gasteiger partial charge is 0.336 e. The molecular weight excluding hydrogens is 506 g/mol. The van der Waals surface area contributed by atoms with E-state index in [9.17, 15) is 25.0 Å². The zero-order valence-corrected chi connectivity index (χ0v) is 20.3. The number of allylic oxidation sites excluding steroid dienone is 3. The summed E-state index contributed by atoms with van der Waals surface area (Å²) in [5.74, 6) is -1.81. The van der Waals surface area contributed by atoms with E-state index in [1.54, 1.807) is 19.9 Å². The molecule has 0 aromatic heterocycles. The first kappa shape index (κ1) is 25.1. The number of carbonyl (C=O) groups excluding carboxylic acids is 1. The zero-order chi connectivity index (χ0) is 24.8. The molecule has 1 aliphatic rings. The molecule has 2 atom stereocenters. The summed E-state index contributed by atoms with van der Waals surface area (Å²) in [7, 11) is 0. The molecule has 34 heavy (non-hydrogen) atoms. The maximum atomic E-state index is 13.1. The van der Waals surface area contributed by atoms with Crippen LogP contribution in [0.1, 0.15) is 48.6 Å². The number of hydrogen-bond donors (Lipinski definition) is 1. The van der Waals surface area contributed by atoms with Crippen molar-refractivity contribution in [2.24, 2.45) is 0 Å². The van der Waals surface area contributed by atoms with Gasteiger partial charge in [-0.25, -0.2) is 4.79 Å². The highest BCUT2D eigenvalue weighted by molar-refractivity contribution is 9.09. The molecule has 2 aromatic rings. The Hall–Kier alpha value is -3.53. The number of nitrogens with one attached hydrogen (secondary N) is 1. The number of alkyl halides is 1. The van der Waals surface area contributed by atoms with Crippen LogP contribution in [0.2, 0.25) is 0 Å². The Morgan fingerprint density at radius 3 is 2.44 bits per heavy atom. The van der Waals surface area contributed by atoms with Gasteiger partial charge in [0.25, 0.3) is 11.4 Å². The quantitative estimate of drug-likeness (QED) is 0.196. The monoisotopic (exact) mass is 529 g/mol. The molecule has 0 saturated carbocycles. The Kier molecular flexibility index (Phi) is 8.17. The lowest BCUT2D eigenvalue weighted by Gasteiger charge is -2.28. The Labute approximate surface area is 204 Å². The van der Waals surface area contributed by atoms with Gasteiger partial charge in [-0.2, -0.15) is 0 Å². The fourth-order valence-electron chi connectivity index (χ4n) is 4.02. The first-order valence-electron chi connectivity index (χ1n) is 10.7. The maximum absolute atomic E-state index is 13.1. The zero-order valence-electron chi connectivity index (χ0n) is 18.7. The molecule has 178 valence electrons. The van der Waals surface area contributed by atoms with E-state index < -0.39 is 21.7 Å². The van der Waals surface area contributed by atoms with Crippen molar-refractivity contribution in [2.75, 3.05) is 6.61 Å². The van der Waals surface area contributed by atoms with Crippen molar-refractivity contribution in [2.45, 2.75) is 37.4 Å². The average Bonchev–Trinajstić information content (AvgIpc) is 2.82. The molecule has 0 saturated heterocycles. The first-order chi connectivity index (χ1) is 16.2. The molecular formula is C24H24BrN3O6. The van der Waals surface area contributed by atoms with Crippen molar-refractivity contribution >= 4 is 27.6 Å². The van der Waals surface area contributed by atoms with E-state index in [2.05, 4.69) is 21.2 Å². The van der Waals surface area contributed by atoms with Crippen LogP contribution in [0.5, 0.6) is 0 Å². The number of nitrogens with zero attached hydrogens (tertiary/aromatic N) is 2. The van der Waals surface area contributed by atoms with E-state index in [0.717, 1.165) is 5.56 Å². The highest BCUT2D eigenvalue weighted by atomic mass is 79.9. The predicted octanol–water partition coefficient (Wildman–Crippen LogP) is 5.52. The number of ether oxygens (including phenoxy) is 1. The Bertz CT molecular complexity index is 1160. The summed E-state index contributed by atoms with van der Waals surface area (Å²) in [5.41, 5.74) is 1.74. The molecule has 1 aliphatic heterocycles. The first-order valence-corrected chi connectivity index (χ1v) is 11.6. The van der Waals surface area contributed by atoms with Crippen molar-refractivity contribution in [3.8, 4) is 0 Å². The molecule has 10 heteroatoms. The van der Waals surface area contributed by atoms with Gasteiger partial charge >= 0.3 is 5.97 Å². The maximum Gasteiger partial charge on any atom is 0.336 e. The molecule has 0 spiro atoms. The lowest BCUT2D eigenvalue weighted by molar-refractivity contribution is -0.431. The molecule has 2 unspecified atom stereocenters. The molecule has 3 rings (SSSR count). The lowest BCUT2D eigenvalue weighted by atomic mass is 9.82. The van der Waals surface area contributed by atoms with Crippen LogP contribution < -0.4 is 5.32 Å². The van der Waals surface area contributed by atoms with Crippen LogP contribution in [0.3, 0.4) is 0 Å². The summed E-state index contributed by atoms with van der Waals surface area (Å²) in [4.78, 5) is 35.3. The summed E-state index contributed by atoms with van der Waals surface area (Å²) < 4.78 is 5.27. The molecule has 1 heterocycles. The number of nitro benzene ring substituents is 1. The summed E-state index contributed by atoms with van der Waals surface area (Å²) in [5, 5.41) is 26.4. The molecule has 9 nitrogen and oxygen atoms in total. The molecule has 1 N–H and O–H groups in total. The standard InChI is InChI=1S/C24H24BrN3O6/c1-3-34-24(29)22-20(13-12-19(25)16-8-5-4-6-9-16)26-15(2)23(28(32)33)21(22)17-10-7-11-18(14-17)27(30)31/h4-11,14,19,21,26H,3,12-13H2,1-2H3. The predicted molar refractivity (Wildman–Crippen MR) is 130 cm³/mol. The third-order valence-electron chi connectivity index (χ3n) is 5.53. The van der Waals surface area contributed by atoms with Crippen LogP contribution in [-0.4, -0.2) is 22.4 Å². The Balaban J connectivity index is 2.10. The molecule has 0 aliphatic carbocycles. The van der Waals surface area contributed by atoms with E-state index in [4.69, 9.17) is 4.74 Å². The van der Waals surface area contributed by atoms with Crippen molar-refractivity contribution < 1.29 is 19.4 Å². The Morgan fingerprint density at radius 2 is 1.82 bits per heavy atom. The van der Waals surface area contributed by atoms with Crippen molar-refractivity contribution in [3.63, 3.8) is 0 Å². The number of halogens is 1. The molecule has 0 bridgehead atoms. The van der Waals surface area contributed by atoms with E-state index >= 15 is 0 Å². The largest absolute Gasteiger partial charge is 0.463 e. The number of benzene rings is 2. The van der Waals surface area contributed by atoms with Gasteiger partial charge in [-0.15, -0.1) is 0 Å². The van der Waals surface area contributed by atoms with Crippen LogP contribution in [0.4, 0.5) is 5.69 Å². The highest BCUT2D eigenvalue weighted by Crippen LogP contribution is 2.41. The van der Waals surface area contributed by atoms with E-state index in [0.29, 0.717) is 18.5 Å². The van der Waals surface area contributed by atoms with Gasteiger partial charge in [-0.3, -0.25) is 20.2 Å². The van der Waals surface area contributed by atoms with Crippen molar-refractivity contribution in [3.05, 3.63) is 109 Å². The van der Waals surface area contributed by atoms with Gasteiger partial charge in [-0.05, 0) is 37.8 Å². The fourth-order valence-corrected chi connectivity index (χ4v) is 4.55. The van der Waals surface area contributed by atoms with Gasteiger partial charge in [0.15, 0.2) is 0 Å². The van der Waals surface area contributed by atoms with E-state index in [-0.39, 0.29) is 39.7 Å². The van der Waals surface area contributed by atoms with Gasteiger partial charge in [0.1, 0.15) is 5.92 Å². The minimum Gasteiger partial charge on any atom is -0.463 e. The summed E-state index contributed by atoms with van der Waals surface area (Å²) in [6, 6.07) is 15.3. The minimum absolute atomic E-state index is 0.0103. The van der Waals surface area contributed by atoms with Gasteiger partial charge in [-0.1, -0.05) is 58.4 Å². The van der Waals surface area contributed by atoms with E-state index in [1.807, 2.05) is 30.3 Å². The van der Waals surface area contributed by atoms with Crippen molar-refractivity contribution in [1.82, 2.24) is 5.32 Å². The van der Waals surface area contributed by atoms with Crippen LogP contribution in [-0.2, 0) is 9.53 Å². The van der Waals surface area contributed by atoms with Crippen molar-refractivity contribution in [1.29, 1.82) is 0 Å². The molecule has 0 amide bonds. The molecule has 2 aromatic carbocycles. The summed E-state index contributed by atoms with van der Waals surface area (Å²) >= 11 is 3.67. The second-order valence-electron chi connectivity index (χ2n) is 7.71. The number of dihydropyridines is 1. The summed E-state index contributed by atoms with van der Waals surface area (Å²) in [6.45, 7) is 3.29. The third kappa shape index (κ3) is 5.51. The minimum atomic E-state index is -1.12. The van der Waals surface area contributed by atoms with Gasteiger partial charge in [0.05, 0.1) is 27.7 Å².